The lowest BCUT2D eigenvalue weighted by Gasteiger charge is -2.47. The zero-order chi connectivity index (χ0) is 104. The van der Waals surface area contributed by atoms with Crippen LogP contribution in [0.3, 0.4) is 0 Å². The van der Waals surface area contributed by atoms with Gasteiger partial charge in [0.05, 0.1) is 16.7 Å². The molecule has 3 atom stereocenters. The van der Waals surface area contributed by atoms with Gasteiger partial charge in [-0.25, -0.2) is 0 Å². The molecule has 2 heterocycles. The number of nitrogens with zero attached hydrogens (tertiary/aromatic N) is 4. The summed E-state index contributed by atoms with van der Waals surface area (Å²) in [6.45, 7) is 25.1. The van der Waals surface area contributed by atoms with E-state index in [1.165, 1.54) is 9.80 Å². The lowest BCUT2D eigenvalue weighted by Crippen LogP contribution is -2.60. The molecule has 9 aromatic rings. The first-order chi connectivity index (χ1) is 68.8. The van der Waals surface area contributed by atoms with Gasteiger partial charge < -0.3 is 87.0 Å². The van der Waals surface area contributed by atoms with E-state index in [1.54, 1.807) is 110 Å². The average molecular weight is 2050 g/mol. The number of aliphatic hydroxyl groups is 1. The maximum absolute atomic E-state index is 17.6. The largest absolute Gasteiger partial charge is 0.500 e. The summed E-state index contributed by atoms with van der Waals surface area (Å²) < 4.78 is 103. The number of carbonyl (C=O) groups excluding carboxylic acids is 5. The van der Waals surface area contributed by atoms with Crippen LogP contribution < -0.4 is 18.9 Å². The smallest absolute Gasteiger partial charge is 0.457 e. The van der Waals surface area contributed by atoms with Crippen molar-refractivity contribution in [2.24, 2.45) is 11.8 Å². The van der Waals surface area contributed by atoms with Crippen molar-refractivity contribution in [3.05, 3.63) is 166 Å². The Hall–Kier alpha value is -8.62. The van der Waals surface area contributed by atoms with Crippen LogP contribution in [0.1, 0.15) is 302 Å². The summed E-state index contributed by atoms with van der Waals surface area (Å²) in [5, 5.41) is 17.0. The van der Waals surface area contributed by atoms with E-state index in [9.17, 15) is 5.11 Å². The molecule has 5 amide bonds. The highest BCUT2D eigenvalue weighted by molar-refractivity contribution is 6.62. The SMILES string of the molecule is CO[Si](CCC(C)(C)c1ccc(Oc2cc3c4c(cc(Oc5ccc(C(C)(C)CC[Si](OC)(OC)OC)cc5)c5c6c(Oc7ccc(C(C)(C)CC[Si](OC)(OC)OC)cc7)cc7c8c(cc(Oc9ccc(C(C)(C)CC[Si](OC)(OC)OC)cc9)c(c2c45)c86)C(=O)N(C(C(=O)N(C2CCCCC2)C2CCCCC2)C(C)C)C7O)C(=O)N(C(C(=O)N(C2CCCCC2)C2CCCCC2)C(C)C)C3=O)cc1)(OC)OC. The minimum Gasteiger partial charge on any atom is -0.457 e. The van der Waals surface area contributed by atoms with E-state index in [-0.39, 0.29) is 86.6 Å². The number of rotatable bonds is 46. The van der Waals surface area contributed by atoms with Crippen molar-refractivity contribution in [1.29, 1.82) is 0 Å². The van der Waals surface area contributed by atoms with Crippen LogP contribution in [0, 0.1) is 11.8 Å². The number of imide groups is 1. The summed E-state index contributed by atoms with van der Waals surface area (Å²) >= 11 is 0. The Morgan fingerprint density at radius 2 is 0.549 bits per heavy atom. The van der Waals surface area contributed by atoms with Crippen molar-refractivity contribution < 1.29 is 101 Å². The third kappa shape index (κ3) is 21.8. The van der Waals surface area contributed by atoms with E-state index in [4.69, 9.17) is 72.1 Å². The Kier molecular flexibility index (Phi) is 34.6. The van der Waals surface area contributed by atoms with Crippen LogP contribution in [0.25, 0.3) is 43.1 Å². The number of fused-ring (bicyclic) bond motifs is 2. The number of amides is 5. The number of hydrogen-bond donors (Lipinski definition) is 1. The molecule has 0 bridgehead atoms. The fourth-order valence-electron chi connectivity index (χ4n) is 24.1. The van der Waals surface area contributed by atoms with E-state index < -0.39 is 105 Å². The second-order valence-electron chi connectivity index (χ2n) is 44.1. The van der Waals surface area contributed by atoms with Gasteiger partial charge in [-0.3, -0.25) is 33.8 Å². The first-order valence-corrected chi connectivity index (χ1v) is 60.2. The normalized spacial score (nSPS) is 17.7. The fourth-order valence-corrected chi connectivity index (χ4v) is 32.2. The maximum Gasteiger partial charge on any atom is 0.500 e. The number of hydrogen-bond acceptors (Lipinski definition) is 22. The summed E-state index contributed by atoms with van der Waals surface area (Å²) in [6, 6.07) is 37.8. The van der Waals surface area contributed by atoms with Crippen LogP contribution in [-0.2, 0) is 84.4 Å². The van der Waals surface area contributed by atoms with Crippen molar-refractivity contribution in [2.45, 2.75) is 325 Å². The number of aliphatic hydroxyl groups excluding tert-OH is 1. The van der Waals surface area contributed by atoms with Gasteiger partial charge in [-0.2, -0.15) is 0 Å². The molecule has 0 aromatic heterocycles. The van der Waals surface area contributed by atoms with E-state index in [0.717, 1.165) is 151 Å². The molecule has 1 N–H and O–H groups in total. The third-order valence-electron chi connectivity index (χ3n) is 33.2. The standard InChI is InChI=1S/C114H158N4O22Si4/c1-73(2)103(109(123)115(79-37-29-25-30-38-79)80-39-31-26-32-40-80)117-105(119)87-69-91(137-83-53-45-75(46-54-83)111(5,6)61-65-141(125-13,126-14)127-15)97-99-93(139-85-57-49-77(50-58-85)113(9,10)63-67-143(131-19,132-20)133-21)71-89-96-90(108(122)118(107(89)121)104(74(3)4)110(124)116(81-41-33-27-34-42-81)82-43-35-28-36-44-82)72-94(140-86-59-51-78(52-60-86)114(11,12)64-68-144(134-22,135-23)136-24)100(102(96)99)98-92(70-88(106(117)120)95(87)101(97)98)138-84-55-47-76(48-56-84)112(7,8)62-66-142(128-16,129-17)130-18/h45-60,69-74,79-82,103-105,119H,25-44,61-68H2,1-24H3. The van der Waals surface area contributed by atoms with Crippen LogP contribution in [0.2, 0.25) is 24.2 Å². The van der Waals surface area contributed by atoms with Gasteiger partial charge in [0.1, 0.15) is 58.1 Å². The van der Waals surface area contributed by atoms with Gasteiger partial charge in [-0.1, -0.05) is 209 Å². The predicted molar refractivity (Wildman–Crippen MR) is 571 cm³/mol. The molecule has 2 aliphatic heterocycles. The Labute approximate surface area is 857 Å². The van der Waals surface area contributed by atoms with Crippen LogP contribution in [-0.4, -0.2) is 211 Å². The van der Waals surface area contributed by atoms with Gasteiger partial charge in [0.15, 0.2) is 6.23 Å². The molecule has 4 fully saturated rings. The number of benzene rings is 9. The molecule has 30 heteroatoms. The van der Waals surface area contributed by atoms with E-state index in [2.05, 4.69) is 65.2 Å². The predicted octanol–water partition coefficient (Wildman–Crippen LogP) is 25.2. The molecular formula is C114H158N4O22Si4. The summed E-state index contributed by atoms with van der Waals surface area (Å²) in [6.07, 6.45) is 19.1. The maximum atomic E-state index is 17.6. The first kappa shape index (κ1) is 110. The second kappa shape index (κ2) is 45.4. The molecule has 9 aromatic carbocycles. The van der Waals surface area contributed by atoms with Gasteiger partial charge >= 0.3 is 35.2 Å². The zero-order valence-electron chi connectivity index (χ0n) is 89.9. The molecule has 0 radical (unpaired) electrons. The zero-order valence-corrected chi connectivity index (χ0v) is 93.9. The van der Waals surface area contributed by atoms with Crippen LogP contribution in [0.4, 0.5) is 0 Å². The van der Waals surface area contributed by atoms with E-state index >= 15 is 24.0 Å². The van der Waals surface area contributed by atoms with Crippen LogP contribution >= 0.6 is 0 Å². The lowest BCUT2D eigenvalue weighted by atomic mass is 9.79. The molecule has 26 nitrogen and oxygen atoms in total. The highest BCUT2D eigenvalue weighted by Crippen LogP contribution is 2.60. The minimum atomic E-state index is -3.06. The molecule has 3 unspecified atom stereocenters. The molecule has 6 aliphatic rings. The summed E-state index contributed by atoms with van der Waals surface area (Å²) in [5.41, 5.74) is 2.48. The van der Waals surface area contributed by atoms with Crippen LogP contribution in [0.15, 0.2) is 121 Å². The minimum absolute atomic E-state index is 0.0692. The van der Waals surface area contributed by atoms with Gasteiger partial charge in [0.2, 0.25) is 11.8 Å². The van der Waals surface area contributed by atoms with Gasteiger partial charge in [-0.15, -0.1) is 0 Å². The highest BCUT2D eigenvalue weighted by Gasteiger charge is 2.53. The van der Waals surface area contributed by atoms with Gasteiger partial charge in [0, 0.05) is 182 Å². The lowest BCUT2D eigenvalue weighted by molar-refractivity contribution is -0.149. The molecule has 4 aliphatic carbocycles. The average Bonchev–Trinajstić information content (AvgIpc) is 0.667. The highest BCUT2D eigenvalue weighted by atomic mass is 28.4. The summed E-state index contributed by atoms with van der Waals surface area (Å²) in [4.78, 5) is 93.2. The van der Waals surface area contributed by atoms with Crippen LogP contribution in [0.5, 0.6) is 46.0 Å². The third-order valence-corrected chi connectivity index (χ3v) is 44.2. The van der Waals surface area contributed by atoms with Crippen molar-refractivity contribution in [2.75, 3.05) is 85.3 Å². The topological polar surface area (TPSA) is 266 Å². The Bertz CT molecular complexity index is 5750. The van der Waals surface area contributed by atoms with Crippen molar-refractivity contribution in [3.63, 3.8) is 0 Å². The number of carbonyl (C=O) groups is 5. The molecule has 4 saturated carbocycles. The summed E-state index contributed by atoms with van der Waals surface area (Å²) in [7, 11) is 7.18. The Morgan fingerprint density at radius 1 is 0.319 bits per heavy atom. The molecule has 0 saturated heterocycles. The molecule has 144 heavy (non-hydrogen) atoms. The van der Waals surface area contributed by atoms with Gasteiger partial charge in [0.25, 0.3) is 17.7 Å². The second-order valence-corrected chi connectivity index (χ2v) is 56.4. The molecule has 15 rings (SSSR count). The van der Waals surface area contributed by atoms with Crippen molar-refractivity contribution in [1.82, 2.24) is 19.6 Å². The molecular weight excluding hydrogens is 1890 g/mol. The van der Waals surface area contributed by atoms with Crippen molar-refractivity contribution >= 4 is 108 Å². The summed E-state index contributed by atoms with van der Waals surface area (Å²) in [5.74, 6) is -1.62. The first-order valence-electron chi connectivity index (χ1n) is 52.5. The van der Waals surface area contributed by atoms with E-state index in [1.807, 2.05) is 125 Å². The van der Waals surface area contributed by atoms with Gasteiger partial charge in [-0.05, 0) is 206 Å². The quantitative estimate of drug-likeness (QED) is 0.0161. The number of ether oxygens (including phenoxy) is 4. The molecule has 0 spiro atoms. The Morgan fingerprint density at radius 3 is 0.792 bits per heavy atom. The van der Waals surface area contributed by atoms with E-state index in [0.29, 0.717) is 111 Å². The molecule has 782 valence electrons. The Balaban J connectivity index is 1.07. The van der Waals surface area contributed by atoms with Crippen molar-refractivity contribution in [3.8, 4) is 46.0 Å². The monoisotopic (exact) mass is 2050 g/mol. The fraction of sp³-hybridized carbons (Fsp3) is 0.570.